The van der Waals surface area contributed by atoms with E-state index < -0.39 is 0 Å². The fourth-order valence-electron chi connectivity index (χ4n) is 2.81. The molecule has 0 saturated carbocycles. The predicted molar refractivity (Wildman–Crippen MR) is 104 cm³/mol. The first-order valence-electron chi connectivity index (χ1n) is 9.33. The maximum atomic E-state index is 5.88. The molecular weight excluding hydrogens is 324 g/mol. The number of nitrogens with zero attached hydrogens (tertiary/aromatic N) is 2. The minimum atomic E-state index is 0.595. The molecule has 134 valence electrons. The molecule has 0 fully saturated rings. The van der Waals surface area contributed by atoms with Crippen LogP contribution in [0, 0.1) is 37.5 Å². The highest BCUT2D eigenvalue weighted by Crippen LogP contribution is 2.32. The van der Waals surface area contributed by atoms with Gasteiger partial charge < -0.3 is 8.83 Å². The van der Waals surface area contributed by atoms with Crippen LogP contribution in [0.25, 0.3) is 22.2 Å². The van der Waals surface area contributed by atoms with Gasteiger partial charge in [-0.25, -0.2) is 9.97 Å². The van der Waals surface area contributed by atoms with Gasteiger partial charge in [-0.05, 0) is 12.8 Å². The van der Waals surface area contributed by atoms with Gasteiger partial charge in [0, 0.05) is 26.7 Å². The number of aryl methyl sites for hydroxylation is 2. The topological polar surface area (TPSA) is 52.1 Å². The van der Waals surface area contributed by atoms with Crippen LogP contribution >= 0.6 is 0 Å². The van der Waals surface area contributed by atoms with Crippen LogP contribution in [0.1, 0.15) is 75.3 Å². The molecule has 26 heavy (non-hydrogen) atoms. The van der Waals surface area contributed by atoms with Crippen molar-refractivity contribution in [1.29, 1.82) is 0 Å². The van der Waals surface area contributed by atoms with Gasteiger partial charge in [0.1, 0.15) is 11.0 Å². The second-order valence-electron chi connectivity index (χ2n) is 6.38. The average Bonchev–Trinajstić information content (AvgIpc) is 3.18. The fourth-order valence-corrected chi connectivity index (χ4v) is 2.81. The molecule has 0 bridgehead atoms. The van der Waals surface area contributed by atoms with Crippen molar-refractivity contribution in [2.75, 3.05) is 0 Å². The van der Waals surface area contributed by atoms with Gasteiger partial charge in [0.05, 0.1) is 11.1 Å². The Balaban J connectivity index is 2.23. The number of rotatable bonds is 4. The van der Waals surface area contributed by atoms with E-state index in [1.165, 1.54) is 0 Å². The van der Waals surface area contributed by atoms with Crippen molar-refractivity contribution in [3.8, 4) is 23.7 Å². The lowest BCUT2D eigenvalue weighted by atomic mass is 10.1. The van der Waals surface area contributed by atoms with Crippen molar-refractivity contribution >= 4 is 22.2 Å². The Hall–Kier alpha value is -2.72. The Morgan fingerprint density at radius 2 is 1.15 bits per heavy atom. The zero-order valence-corrected chi connectivity index (χ0v) is 16.0. The summed E-state index contributed by atoms with van der Waals surface area (Å²) in [7, 11) is 0. The van der Waals surface area contributed by atoms with Crippen LogP contribution in [0.4, 0.5) is 0 Å². The van der Waals surface area contributed by atoms with Crippen molar-refractivity contribution in [3.63, 3.8) is 0 Å². The van der Waals surface area contributed by atoms with Crippen molar-refractivity contribution < 1.29 is 8.83 Å². The molecule has 0 atom stereocenters. The highest BCUT2D eigenvalue weighted by molar-refractivity contribution is 6.02. The molecule has 2 aromatic heterocycles. The third-order valence-electron chi connectivity index (χ3n) is 4.13. The van der Waals surface area contributed by atoms with Crippen LogP contribution in [-0.4, -0.2) is 9.97 Å². The summed E-state index contributed by atoms with van der Waals surface area (Å²) in [5.74, 6) is 14.1. The quantitative estimate of drug-likeness (QED) is 0.450. The molecule has 3 aromatic rings. The van der Waals surface area contributed by atoms with Gasteiger partial charge in [-0.15, -0.1) is 0 Å². The lowest BCUT2D eigenvalue weighted by Crippen LogP contribution is -1.88. The number of aromatic nitrogens is 2. The number of benzene rings is 1. The van der Waals surface area contributed by atoms with Crippen LogP contribution in [0.3, 0.4) is 0 Å². The summed E-state index contributed by atoms with van der Waals surface area (Å²) in [6.07, 6.45) is 6.09. The minimum Gasteiger partial charge on any atom is -0.440 e. The number of fused-ring (bicyclic) bond motifs is 2. The number of hydrogen-bond acceptors (Lipinski definition) is 4. The van der Waals surface area contributed by atoms with Crippen molar-refractivity contribution in [3.05, 3.63) is 22.9 Å². The van der Waals surface area contributed by atoms with Crippen molar-refractivity contribution in [2.24, 2.45) is 0 Å². The van der Waals surface area contributed by atoms with Gasteiger partial charge in [-0.1, -0.05) is 50.4 Å². The van der Waals surface area contributed by atoms with Gasteiger partial charge >= 0.3 is 0 Å². The van der Waals surface area contributed by atoms with E-state index in [1.807, 2.05) is 13.8 Å². The molecule has 0 aliphatic rings. The summed E-state index contributed by atoms with van der Waals surface area (Å²) in [5, 5.41) is 0. The zero-order chi connectivity index (χ0) is 18.5. The Morgan fingerprint density at radius 1 is 0.731 bits per heavy atom. The Bertz CT molecular complexity index is 910. The number of hydrogen-bond donors (Lipinski definition) is 0. The monoisotopic (exact) mass is 348 g/mol. The summed E-state index contributed by atoms with van der Waals surface area (Å²) in [6, 6.07) is 0. The molecule has 0 spiro atoms. The van der Waals surface area contributed by atoms with Crippen LogP contribution in [0.2, 0.25) is 0 Å². The Morgan fingerprint density at radius 3 is 1.54 bits per heavy atom. The first-order valence-corrected chi connectivity index (χ1v) is 9.33. The van der Waals surface area contributed by atoms with Gasteiger partial charge in [-0.2, -0.15) is 0 Å². The first kappa shape index (κ1) is 18.1. The van der Waals surface area contributed by atoms with E-state index in [0.29, 0.717) is 22.9 Å². The minimum absolute atomic E-state index is 0.595. The maximum Gasteiger partial charge on any atom is 0.192 e. The largest absolute Gasteiger partial charge is 0.440 e. The number of unbranched alkanes of at least 4 members (excludes halogenated alkanes) is 4. The van der Waals surface area contributed by atoms with Crippen molar-refractivity contribution in [2.45, 2.75) is 66.2 Å². The van der Waals surface area contributed by atoms with Gasteiger partial charge in [0.15, 0.2) is 22.9 Å². The molecule has 0 unspecified atom stereocenters. The fraction of sp³-hybridized carbons (Fsp3) is 0.455. The highest BCUT2D eigenvalue weighted by Gasteiger charge is 2.21. The lowest BCUT2D eigenvalue weighted by Gasteiger charge is -1.98. The normalized spacial score (nSPS) is 10.6. The third kappa shape index (κ3) is 3.60. The molecule has 4 heteroatoms. The van der Waals surface area contributed by atoms with Crippen LogP contribution in [0.5, 0.6) is 0 Å². The standard InChI is InChI=1S/C22H24N2O2/c1-5-7-9-11-13-17-19-22(26-15(3)23-19)18(14-12-10-8-6-2)20-21(17)25-16(4)24-20/h5-10H2,1-4H3. The molecule has 2 heterocycles. The van der Waals surface area contributed by atoms with Crippen LogP contribution < -0.4 is 0 Å². The summed E-state index contributed by atoms with van der Waals surface area (Å²) in [4.78, 5) is 9.10. The molecule has 1 aromatic carbocycles. The Kier molecular flexibility index (Phi) is 5.64. The summed E-state index contributed by atoms with van der Waals surface area (Å²) in [6.45, 7) is 7.99. The van der Waals surface area contributed by atoms with E-state index in [0.717, 1.165) is 60.7 Å². The van der Waals surface area contributed by atoms with Crippen molar-refractivity contribution in [1.82, 2.24) is 9.97 Å². The number of oxazole rings is 2. The second-order valence-corrected chi connectivity index (χ2v) is 6.38. The zero-order valence-electron chi connectivity index (χ0n) is 16.0. The highest BCUT2D eigenvalue weighted by atomic mass is 16.4. The predicted octanol–water partition coefficient (Wildman–Crippen LogP) is 5.67. The van der Waals surface area contributed by atoms with Crippen LogP contribution in [0.15, 0.2) is 8.83 Å². The van der Waals surface area contributed by atoms with Crippen LogP contribution in [-0.2, 0) is 0 Å². The summed E-state index contributed by atoms with van der Waals surface area (Å²) >= 11 is 0. The summed E-state index contributed by atoms with van der Waals surface area (Å²) in [5.41, 5.74) is 4.26. The van der Waals surface area contributed by atoms with Gasteiger partial charge in [0.25, 0.3) is 0 Å². The van der Waals surface area contributed by atoms with Gasteiger partial charge in [0.2, 0.25) is 0 Å². The van der Waals surface area contributed by atoms with E-state index in [9.17, 15) is 0 Å². The molecule has 0 radical (unpaired) electrons. The Labute approximate surface area is 154 Å². The molecule has 4 nitrogen and oxygen atoms in total. The summed E-state index contributed by atoms with van der Waals surface area (Å²) < 4.78 is 11.8. The molecular formula is C22H24N2O2. The van der Waals surface area contributed by atoms with Gasteiger partial charge in [-0.3, -0.25) is 0 Å². The maximum absolute atomic E-state index is 5.88. The van der Waals surface area contributed by atoms with E-state index in [4.69, 9.17) is 8.83 Å². The second kappa shape index (κ2) is 8.11. The SMILES string of the molecule is CCCCC#Cc1c2nc(C)oc2c(C#CCCCC)c2nc(C)oc12. The molecule has 0 aliphatic carbocycles. The van der Waals surface area contributed by atoms with E-state index in [-0.39, 0.29) is 0 Å². The third-order valence-corrected chi connectivity index (χ3v) is 4.13. The van der Waals surface area contributed by atoms with E-state index >= 15 is 0 Å². The van der Waals surface area contributed by atoms with E-state index in [1.54, 1.807) is 0 Å². The lowest BCUT2D eigenvalue weighted by molar-refractivity contribution is 0.559. The smallest absolute Gasteiger partial charge is 0.192 e. The molecule has 0 N–H and O–H groups in total. The molecule has 3 rings (SSSR count). The first-order chi connectivity index (χ1) is 12.7. The molecule has 0 amide bonds. The molecule has 0 saturated heterocycles. The average molecular weight is 348 g/mol. The van der Waals surface area contributed by atoms with E-state index in [2.05, 4.69) is 47.5 Å². The molecule has 0 aliphatic heterocycles.